The van der Waals surface area contributed by atoms with Crippen LogP contribution in [0.3, 0.4) is 0 Å². The fraction of sp³-hybridized carbons (Fsp3) is 0.286. The minimum Gasteiger partial charge on any atom is -0.382 e. The molecule has 1 aromatic rings. The Morgan fingerprint density at radius 1 is 1.48 bits per heavy atom. The first kappa shape index (κ1) is 16.2. The summed E-state index contributed by atoms with van der Waals surface area (Å²) in [6.07, 6.45) is 0. The van der Waals surface area contributed by atoms with Crippen molar-refractivity contribution in [3.63, 3.8) is 0 Å². The third-order valence-electron chi connectivity index (χ3n) is 2.68. The second kappa shape index (κ2) is 7.05. The zero-order valence-electron chi connectivity index (χ0n) is 12.2. The number of nitrogens with two attached hydrogens (primary N) is 1. The van der Waals surface area contributed by atoms with Gasteiger partial charge in [-0.2, -0.15) is 10.4 Å². The maximum atomic E-state index is 11.7. The quantitative estimate of drug-likeness (QED) is 0.374. The molecule has 0 aliphatic rings. The largest absolute Gasteiger partial charge is 0.382 e. The Balaban J connectivity index is 2.96. The highest BCUT2D eigenvalue weighted by atomic mass is 16.1. The first-order chi connectivity index (χ1) is 9.85. The first-order valence-corrected chi connectivity index (χ1v) is 6.35. The normalized spacial score (nSPS) is 10.9. The molecule has 7 nitrogen and oxygen atoms in total. The van der Waals surface area contributed by atoms with Crippen LogP contribution in [0.1, 0.15) is 19.4 Å². The lowest BCUT2D eigenvalue weighted by Crippen LogP contribution is -2.22. The highest BCUT2D eigenvalue weighted by Gasteiger charge is 2.08. The van der Waals surface area contributed by atoms with Gasteiger partial charge in [0.25, 0.3) is 0 Å². The summed E-state index contributed by atoms with van der Waals surface area (Å²) in [6.45, 7) is 5.46. The van der Waals surface area contributed by atoms with Crippen molar-refractivity contribution in [1.82, 2.24) is 0 Å². The van der Waals surface area contributed by atoms with Gasteiger partial charge in [0, 0.05) is 11.6 Å². The number of hydrogen-bond donors (Lipinski definition) is 4. The Labute approximate surface area is 123 Å². The molecule has 1 amide bonds. The summed E-state index contributed by atoms with van der Waals surface area (Å²) in [6, 6.07) is 7.02. The molecule has 0 aliphatic carbocycles. The number of nitrogens with zero attached hydrogens (tertiary/aromatic N) is 2. The van der Waals surface area contributed by atoms with Crippen LogP contribution in [0.25, 0.3) is 0 Å². The van der Waals surface area contributed by atoms with E-state index in [4.69, 9.17) is 16.4 Å². The molecule has 110 valence electrons. The van der Waals surface area contributed by atoms with Gasteiger partial charge in [-0.1, -0.05) is 19.9 Å². The Kier molecular flexibility index (Phi) is 5.43. The molecule has 0 aromatic heterocycles. The molecule has 0 aliphatic heterocycles. The molecule has 0 saturated carbocycles. The number of carbonyl (C=O) groups excluding carboxylic acids is 1. The molecule has 0 fully saturated rings. The molecule has 0 unspecified atom stereocenters. The van der Waals surface area contributed by atoms with E-state index in [1.54, 1.807) is 32.0 Å². The zero-order valence-corrected chi connectivity index (χ0v) is 12.2. The van der Waals surface area contributed by atoms with E-state index in [1.807, 2.05) is 13.0 Å². The van der Waals surface area contributed by atoms with Gasteiger partial charge < -0.3 is 11.1 Å². The summed E-state index contributed by atoms with van der Waals surface area (Å²) >= 11 is 0. The average molecular weight is 286 g/mol. The van der Waals surface area contributed by atoms with Crippen LogP contribution in [0, 0.1) is 29.6 Å². The summed E-state index contributed by atoms with van der Waals surface area (Å²) in [5, 5.41) is 22.5. The number of hydrazone groups is 1. The molecular weight excluding hydrogens is 268 g/mol. The molecule has 0 heterocycles. The third kappa shape index (κ3) is 4.62. The zero-order chi connectivity index (χ0) is 16.0. The monoisotopic (exact) mass is 286 g/mol. The van der Waals surface area contributed by atoms with Crippen LogP contribution >= 0.6 is 0 Å². The number of hydrogen-bond acceptors (Lipinski definition) is 5. The first-order valence-electron chi connectivity index (χ1n) is 6.35. The van der Waals surface area contributed by atoms with Gasteiger partial charge in [0.15, 0.2) is 5.84 Å². The molecule has 7 heteroatoms. The van der Waals surface area contributed by atoms with Crippen molar-refractivity contribution in [1.29, 1.82) is 10.7 Å². The van der Waals surface area contributed by atoms with Crippen molar-refractivity contribution in [2.75, 3.05) is 10.7 Å². The minimum atomic E-state index is -0.410. The molecule has 5 N–H and O–H groups in total. The van der Waals surface area contributed by atoms with Crippen molar-refractivity contribution >= 4 is 28.8 Å². The second-order valence-electron chi connectivity index (χ2n) is 4.77. The number of nitriles is 1. The lowest BCUT2D eigenvalue weighted by Gasteiger charge is -2.11. The predicted molar refractivity (Wildman–Crippen MR) is 83.2 cm³/mol. The van der Waals surface area contributed by atoms with E-state index < -0.39 is 5.84 Å². The van der Waals surface area contributed by atoms with Crippen molar-refractivity contribution < 1.29 is 4.79 Å². The Morgan fingerprint density at radius 2 is 2.14 bits per heavy atom. The summed E-state index contributed by atoms with van der Waals surface area (Å²) in [5.74, 6) is -0.620. The molecule has 1 rings (SSSR count). The molecule has 0 bridgehead atoms. The Morgan fingerprint density at radius 3 is 2.67 bits per heavy atom. The lowest BCUT2D eigenvalue weighted by molar-refractivity contribution is -0.118. The lowest BCUT2D eigenvalue weighted by atomic mass is 10.1. The number of nitrogens with one attached hydrogen (secondary N) is 3. The van der Waals surface area contributed by atoms with Crippen LogP contribution in [-0.2, 0) is 4.79 Å². The van der Waals surface area contributed by atoms with Crippen LogP contribution in [-0.4, -0.2) is 17.5 Å². The van der Waals surface area contributed by atoms with Crippen LogP contribution in [0.5, 0.6) is 0 Å². The van der Waals surface area contributed by atoms with E-state index in [2.05, 4.69) is 15.8 Å². The van der Waals surface area contributed by atoms with Crippen LogP contribution in [0.15, 0.2) is 23.3 Å². The predicted octanol–water partition coefficient (Wildman–Crippen LogP) is 1.82. The summed E-state index contributed by atoms with van der Waals surface area (Å²) in [4.78, 5) is 11.7. The van der Waals surface area contributed by atoms with E-state index in [-0.39, 0.29) is 17.5 Å². The highest BCUT2D eigenvalue weighted by Crippen LogP contribution is 2.20. The van der Waals surface area contributed by atoms with Gasteiger partial charge in [-0.05, 0) is 24.6 Å². The van der Waals surface area contributed by atoms with E-state index in [9.17, 15) is 4.79 Å². The molecule has 0 saturated heterocycles. The topological polar surface area (TPSA) is 127 Å². The van der Waals surface area contributed by atoms with Crippen molar-refractivity contribution in [2.24, 2.45) is 16.8 Å². The van der Waals surface area contributed by atoms with Crippen LogP contribution < -0.4 is 16.5 Å². The number of amidine groups is 1. The van der Waals surface area contributed by atoms with E-state index >= 15 is 0 Å². The summed E-state index contributed by atoms with van der Waals surface area (Å²) < 4.78 is 0. The van der Waals surface area contributed by atoms with Gasteiger partial charge in [0.05, 0.1) is 5.69 Å². The van der Waals surface area contributed by atoms with E-state index in [1.165, 1.54) is 0 Å². The summed E-state index contributed by atoms with van der Waals surface area (Å²) in [7, 11) is 0. The van der Waals surface area contributed by atoms with Gasteiger partial charge in [0.2, 0.25) is 11.6 Å². The van der Waals surface area contributed by atoms with Crippen molar-refractivity contribution in [2.45, 2.75) is 20.8 Å². The number of carbonyl (C=O) groups is 1. The third-order valence-corrected chi connectivity index (χ3v) is 2.68. The number of benzene rings is 1. The van der Waals surface area contributed by atoms with E-state index in [0.29, 0.717) is 11.4 Å². The molecule has 0 atom stereocenters. The van der Waals surface area contributed by atoms with Crippen LogP contribution in [0.2, 0.25) is 0 Å². The fourth-order valence-corrected chi connectivity index (χ4v) is 1.37. The Bertz CT molecular complexity index is 627. The van der Waals surface area contributed by atoms with Gasteiger partial charge in [-0.3, -0.25) is 15.6 Å². The molecule has 1 aromatic carbocycles. The molecule has 21 heavy (non-hydrogen) atoms. The maximum Gasteiger partial charge on any atom is 0.226 e. The number of rotatable bonds is 5. The van der Waals surface area contributed by atoms with E-state index in [0.717, 1.165) is 5.56 Å². The number of aryl methyl sites for hydroxylation is 1. The highest BCUT2D eigenvalue weighted by molar-refractivity contribution is 6.45. The maximum absolute atomic E-state index is 11.7. The molecular formula is C14H18N6O. The van der Waals surface area contributed by atoms with Crippen LogP contribution in [0.4, 0.5) is 11.4 Å². The van der Waals surface area contributed by atoms with Gasteiger partial charge >= 0.3 is 0 Å². The van der Waals surface area contributed by atoms with Gasteiger partial charge in [-0.15, -0.1) is 0 Å². The standard InChI is InChI=1S/C14H18N6O/c1-8(2)14(21)18-10-5-4-9(3)11(6-10)19-20-12(7-15)13(16)17/h4-6,8,19H,1-3H3,(H3,16,17)(H,18,21)/b20-12+. The average Bonchev–Trinajstić information content (AvgIpc) is 2.42. The minimum absolute atomic E-state index is 0.0882. The van der Waals surface area contributed by atoms with Crippen molar-refractivity contribution in [3.05, 3.63) is 23.8 Å². The molecule has 0 radical (unpaired) electrons. The fourth-order valence-electron chi connectivity index (χ4n) is 1.37. The molecule has 0 spiro atoms. The van der Waals surface area contributed by atoms with Gasteiger partial charge in [0.1, 0.15) is 6.07 Å². The van der Waals surface area contributed by atoms with Gasteiger partial charge in [-0.25, -0.2) is 0 Å². The number of amides is 1. The number of anilines is 2. The SMILES string of the molecule is Cc1ccc(NC(=O)C(C)C)cc1N/N=C(\C#N)C(=N)N. The van der Waals surface area contributed by atoms with Crippen molar-refractivity contribution in [3.8, 4) is 6.07 Å². The second-order valence-corrected chi connectivity index (χ2v) is 4.77. The smallest absolute Gasteiger partial charge is 0.226 e. The Hall–Kier alpha value is -2.88. The summed E-state index contributed by atoms with van der Waals surface area (Å²) in [5.41, 5.74) is 9.81.